The minimum atomic E-state index is 0.912. The molecule has 0 amide bonds. The number of nitrogens with zero attached hydrogens (tertiary/aromatic N) is 2. The van der Waals surface area contributed by atoms with Crippen LogP contribution in [0.5, 0.6) is 0 Å². The lowest BCUT2D eigenvalue weighted by Crippen LogP contribution is -1.92. The molecule has 0 fully saturated rings. The molecule has 0 spiro atoms. The zero-order chi connectivity index (χ0) is 11.3. The number of allylic oxidation sites excluding steroid dienone is 5. The van der Waals surface area contributed by atoms with Crippen LogP contribution in [0, 0.1) is 0 Å². The fourth-order valence-electron chi connectivity index (χ4n) is 1.16. The van der Waals surface area contributed by atoms with Crippen LogP contribution in [0.3, 0.4) is 0 Å². The quantitative estimate of drug-likeness (QED) is 0.684. The van der Waals surface area contributed by atoms with Crippen molar-refractivity contribution in [3.05, 3.63) is 48.3 Å². The average Bonchev–Trinajstić information content (AvgIpc) is 2.73. The van der Waals surface area contributed by atoms with Gasteiger partial charge in [0.1, 0.15) is 0 Å². The molecule has 1 aromatic heterocycles. The summed E-state index contributed by atoms with van der Waals surface area (Å²) in [7, 11) is 0. The predicted octanol–water partition coefficient (Wildman–Crippen LogP) is 3.44. The van der Waals surface area contributed by atoms with E-state index in [2.05, 4.69) is 43.9 Å². The summed E-state index contributed by atoms with van der Waals surface area (Å²) in [5.41, 5.74) is 3.55. The average molecular weight is 202 g/mol. The molecule has 0 N–H and O–H groups in total. The summed E-state index contributed by atoms with van der Waals surface area (Å²) in [5.74, 6) is 0. The molecular weight excluding hydrogens is 184 g/mol. The van der Waals surface area contributed by atoms with Crippen LogP contribution in [-0.2, 0) is 6.54 Å². The molecule has 0 aromatic carbocycles. The van der Waals surface area contributed by atoms with Crippen LogP contribution in [0.1, 0.15) is 26.3 Å². The number of rotatable bonds is 4. The van der Waals surface area contributed by atoms with Crippen LogP contribution in [-0.4, -0.2) is 9.78 Å². The van der Waals surface area contributed by atoms with Gasteiger partial charge in [0, 0.05) is 18.3 Å². The molecule has 2 nitrogen and oxygen atoms in total. The lowest BCUT2D eigenvalue weighted by atomic mass is 10.1. The highest BCUT2D eigenvalue weighted by molar-refractivity contribution is 5.64. The van der Waals surface area contributed by atoms with Crippen molar-refractivity contribution in [2.45, 2.75) is 27.3 Å². The molecule has 0 unspecified atom stereocenters. The van der Waals surface area contributed by atoms with E-state index in [-0.39, 0.29) is 0 Å². The van der Waals surface area contributed by atoms with Crippen molar-refractivity contribution in [1.29, 1.82) is 0 Å². The standard InChI is InChI=1S/C13H18N2/c1-5-11(3)7-8-12(4)13-9-14-15(6-2)10-13/h5,7-10H,1,6H2,2-4H3/b11-7-,12-8+. The van der Waals surface area contributed by atoms with Gasteiger partial charge >= 0.3 is 0 Å². The highest BCUT2D eigenvalue weighted by atomic mass is 15.3. The fraction of sp³-hybridized carbons (Fsp3) is 0.308. The Labute approximate surface area is 91.6 Å². The Kier molecular flexibility index (Phi) is 4.10. The van der Waals surface area contributed by atoms with E-state index in [1.807, 2.05) is 23.9 Å². The van der Waals surface area contributed by atoms with Gasteiger partial charge in [0.15, 0.2) is 0 Å². The van der Waals surface area contributed by atoms with Gasteiger partial charge in [0.25, 0.3) is 0 Å². The first kappa shape index (κ1) is 11.5. The second-order valence-electron chi connectivity index (χ2n) is 3.55. The Morgan fingerprint density at radius 1 is 1.47 bits per heavy atom. The first-order valence-electron chi connectivity index (χ1n) is 5.17. The Hall–Kier alpha value is -1.57. The molecule has 1 aromatic rings. The molecule has 1 heterocycles. The fourth-order valence-corrected chi connectivity index (χ4v) is 1.16. The summed E-state index contributed by atoms with van der Waals surface area (Å²) in [5, 5.41) is 4.24. The molecule has 80 valence electrons. The molecule has 0 saturated heterocycles. The molecule has 0 aliphatic heterocycles. The number of aryl methyl sites for hydroxylation is 1. The van der Waals surface area contributed by atoms with Gasteiger partial charge in [-0.2, -0.15) is 5.10 Å². The predicted molar refractivity (Wildman–Crippen MR) is 65.5 cm³/mol. The third kappa shape index (κ3) is 3.24. The van der Waals surface area contributed by atoms with Crippen LogP contribution in [0.25, 0.3) is 5.57 Å². The molecule has 1 rings (SSSR count). The summed E-state index contributed by atoms with van der Waals surface area (Å²) >= 11 is 0. The molecule has 0 atom stereocenters. The van der Waals surface area contributed by atoms with Crippen LogP contribution in [0.15, 0.2) is 42.8 Å². The van der Waals surface area contributed by atoms with E-state index >= 15 is 0 Å². The number of hydrogen-bond donors (Lipinski definition) is 0. The normalized spacial score (nSPS) is 13.0. The second-order valence-corrected chi connectivity index (χ2v) is 3.55. The minimum Gasteiger partial charge on any atom is -0.272 e. The summed E-state index contributed by atoms with van der Waals surface area (Å²) in [6, 6.07) is 0. The molecule has 2 heteroatoms. The summed E-state index contributed by atoms with van der Waals surface area (Å²) < 4.78 is 1.93. The van der Waals surface area contributed by atoms with Crippen LogP contribution >= 0.6 is 0 Å². The maximum Gasteiger partial charge on any atom is 0.0564 e. The number of hydrogen-bond acceptors (Lipinski definition) is 1. The Balaban J connectivity index is 2.84. The third-order valence-corrected chi connectivity index (χ3v) is 2.33. The lowest BCUT2D eigenvalue weighted by Gasteiger charge is -1.94. The molecule has 0 bridgehead atoms. The van der Waals surface area contributed by atoms with E-state index in [1.54, 1.807) is 0 Å². The van der Waals surface area contributed by atoms with Crippen molar-refractivity contribution in [1.82, 2.24) is 9.78 Å². The van der Waals surface area contributed by atoms with Gasteiger partial charge in [0.2, 0.25) is 0 Å². The van der Waals surface area contributed by atoms with Crippen LogP contribution in [0.2, 0.25) is 0 Å². The SMILES string of the molecule is C=C/C(C)=C\C=C(/C)c1cnn(CC)c1. The smallest absolute Gasteiger partial charge is 0.0564 e. The second kappa shape index (κ2) is 5.35. The maximum atomic E-state index is 4.24. The van der Waals surface area contributed by atoms with Gasteiger partial charge in [-0.05, 0) is 26.3 Å². The first-order chi connectivity index (χ1) is 7.17. The van der Waals surface area contributed by atoms with Gasteiger partial charge in [-0.3, -0.25) is 4.68 Å². The zero-order valence-electron chi connectivity index (χ0n) is 9.70. The Morgan fingerprint density at radius 3 is 2.73 bits per heavy atom. The van der Waals surface area contributed by atoms with Crippen molar-refractivity contribution in [3.8, 4) is 0 Å². The van der Waals surface area contributed by atoms with E-state index in [4.69, 9.17) is 0 Å². The van der Waals surface area contributed by atoms with Crippen molar-refractivity contribution >= 4 is 5.57 Å². The maximum absolute atomic E-state index is 4.24. The van der Waals surface area contributed by atoms with E-state index < -0.39 is 0 Å². The molecule has 0 saturated carbocycles. The lowest BCUT2D eigenvalue weighted by molar-refractivity contribution is 0.659. The van der Waals surface area contributed by atoms with Crippen molar-refractivity contribution in [2.75, 3.05) is 0 Å². The molecule has 15 heavy (non-hydrogen) atoms. The monoisotopic (exact) mass is 202 g/mol. The summed E-state index contributed by atoms with van der Waals surface area (Å²) in [6.07, 6.45) is 9.95. The largest absolute Gasteiger partial charge is 0.272 e. The van der Waals surface area contributed by atoms with Crippen LogP contribution in [0.4, 0.5) is 0 Å². The summed E-state index contributed by atoms with van der Waals surface area (Å²) in [6.45, 7) is 10.8. The van der Waals surface area contributed by atoms with Crippen LogP contribution < -0.4 is 0 Å². The zero-order valence-corrected chi connectivity index (χ0v) is 9.70. The number of aromatic nitrogens is 2. The van der Waals surface area contributed by atoms with E-state index in [0.717, 1.165) is 12.1 Å². The Morgan fingerprint density at radius 2 is 2.20 bits per heavy atom. The van der Waals surface area contributed by atoms with Gasteiger partial charge in [-0.25, -0.2) is 0 Å². The van der Waals surface area contributed by atoms with E-state index in [9.17, 15) is 0 Å². The van der Waals surface area contributed by atoms with Gasteiger partial charge in [-0.1, -0.05) is 30.4 Å². The molecule has 0 radical (unpaired) electrons. The Bertz CT molecular complexity index is 394. The molecule has 0 aliphatic carbocycles. The van der Waals surface area contributed by atoms with Crippen molar-refractivity contribution in [2.24, 2.45) is 0 Å². The molecular formula is C13H18N2. The highest BCUT2D eigenvalue weighted by Gasteiger charge is 1.97. The highest BCUT2D eigenvalue weighted by Crippen LogP contribution is 2.13. The minimum absolute atomic E-state index is 0.912. The van der Waals surface area contributed by atoms with E-state index in [1.165, 1.54) is 11.1 Å². The van der Waals surface area contributed by atoms with Gasteiger partial charge in [-0.15, -0.1) is 0 Å². The topological polar surface area (TPSA) is 17.8 Å². The third-order valence-electron chi connectivity index (χ3n) is 2.33. The summed E-state index contributed by atoms with van der Waals surface area (Å²) in [4.78, 5) is 0. The van der Waals surface area contributed by atoms with E-state index in [0.29, 0.717) is 0 Å². The van der Waals surface area contributed by atoms with Crippen molar-refractivity contribution < 1.29 is 0 Å². The first-order valence-corrected chi connectivity index (χ1v) is 5.17. The molecule has 0 aliphatic rings. The van der Waals surface area contributed by atoms with Gasteiger partial charge in [0.05, 0.1) is 6.20 Å². The van der Waals surface area contributed by atoms with Gasteiger partial charge < -0.3 is 0 Å². The van der Waals surface area contributed by atoms with Crippen molar-refractivity contribution in [3.63, 3.8) is 0 Å².